The highest BCUT2D eigenvalue weighted by molar-refractivity contribution is 6.03. The monoisotopic (exact) mass is 303 g/mol. The highest BCUT2D eigenvalue weighted by atomic mass is 16.2. The average molecular weight is 303 g/mol. The van der Waals surface area contributed by atoms with Crippen molar-refractivity contribution in [3.63, 3.8) is 0 Å². The molecule has 1 fully saturated rings. The minimum atomic E-state index is -0.343. The Morgan fingerprint density at radius 3 is 2.68 bits per heavy atom. The summed E-state index contributed by atoms with van der Waals surface area (Å²) in [6.45, 7) is 4.60. The van der Waals surface area contributed by atoms with Crippen molar-refractivity contribution in [3.8, 4) is 0 Å². The summed E-state index contributed by atoms with van der Waals surface area (Å²) in [6, 6.07) is 7.28. The van der Waals surface area contributed by atoms with Crippen LogP contribution in [0.1, 0.15) is 25.3 Å². The third-order valence-electron chi connectivity index (χ3n) is 3.67. The lowest BCUT2D eigenvalue weighted by molar-refractivity contribution is -0.136. The van der Waals surface area contributed by atoms with Gasteiger partial charge in [-0.3, -0.25) is 14.4 Å². The first kappa shape index (κ1) is 16.0. The summed E-state index contributed by atoms with van der Waals surface area (Å²) in [5, 5.41) is 5.45. The second kappa shape index (κ2) is 7.06. The van der Waals surface area contributed by atoms with Crippen LogP contribution in [0.2, 0.25) is 0 Å². The Hall–Kier alpha value is -2.37. The molecule has 0 spiro atoms. The average Bonchev–Trinajstić information content (AvgIpc) is 2.63. The maximum absolute atomic E-state index is 12.2. The molecule has 1 aliphatic heterocycles. The number of hydrogen-bond acceptors (Lipinski definition) is 3. The predicted octanol–water partition coefficient (Wildman–Crippen LogP) is 1.06. The number of carbonyl (C=O) groups is 3. The summed E-state index contributed by atoms with van der Waals surface area (Å²) >= 11 is 0. The first-order valence-electron chi connectivity index (χ1n) is 7.38. The fourth-order valence-electron chi connectivity index (χ4n) is 2.35. The van der Waals surface area contributed by atoms with Gasteiger partial charge in [-0.05, 0) is 26.0 Å². The quantitative estimate of drug-likeness (QED) is 0.820. The number of anilines is 1. The number of carbonyl (C=O) groups excluding carboxylic acids is 3. The summed E-state index contributed by atoms with van der Waals surface area (Å²) in [6.07, 6.45) is 0.0576. The molecular weight excluding hydrogens is 282 g/mol. The van der Waals surface area contributed by atoms with Crippen molar-refractivity contribution >= 4 is 23.4 Å². The molecule has 0 aliphatic carbocycles. The Morgan fingerprint density at radius 2 is 2.00 bits per heavy atom. The van der Waals surface area contributed by atoms with E-state index in [9.17, 15) is 14.4 Å². The molecule has 0 aromatic heterocycles. The van der Waals surface area contributed by atoms with Crippen molar-refractivity contribution in [2.24, 2.45) is 0 Å². The van der Waals surface area contributed by atoms with Crippen LogP contribution in [0.4, 0.5) is 5.69 Å². The third-order valence-corrected chi connectivity index (χ3v) is 3.67. The molecule has 6 heteroatoms. The van der Waals surface area contributed by atoms with Gasteiger partial charge in [-0.15, -0.1) is 0 Å². The minimum Gasteiger partial charge on any atom is -0.354 e. The van der Waals surface area contributed by atoms with Crippen molar-refractivity contribution in [2.45, 2.75) is 32.7 Å². The number of hydrogen-bond donors (Lipinski definition) is 2. The fraction of sp³-hybridized carbons (Fsp3) is 0.438. The fourth-order valence-corrected chi connectivity index (χ4v) is 2.35. The van der Waals surface area contributed by atoms with Gasteiger partial charge in [-0.25, -0.2) is 0 Å². The normalized spacial score (nSPS) is 18.4. The first-order chi connectivity index (χ1) is 10.5. The van der Waals surface area contributed by atoms with Gasteiger partial charge in [0.2, 0.25) is 17.7 Å². The van der Waals surface area contributed by atoms with Gasteiger partial charge < -0.3 is 15.5 Å². The van der Waals surface area contributed by atoms with E-state index in [0.717, 1.165) is 5.56 Å². The molecule has 3 amide bonds. The molecule has 1 saturated heterocycles. The zero-order valence-corrected chi connectivity index (χ0v) is 12.9. The van der Waals surface area contributed by atoms with Gasteiger partial charge >= 0.3 is 0 Å². The standard InChI is InChI=1S/C16H21N3O3/c1-11-3-5-13(6-4-11)18-15(21)9-16(22)19-8-7-14(20)17-10-12(19)2/h3-6,12H,7-10H2,1-2H3,(H,17,20)(H,18,21)/t12-/m1/s1. The van der Waals surface area contributed by atoms with Crippen LogP contribution in [0.25, 0.3) is 0 Å². The van der Waals surface area contributed by atoms with Gasteiger partial charge in [-0.2, -0.15) is 0 Å². The molecule has 118 valence electrons. The molecule has 0 bridgehead atoms. The summed E-state index contributed by atoms with van der Waals surface area (Å²) in [5.74, 6) is -0.663. The third kappa shape index (κ3) is 4.31. The van der Waals surface area contributed by atoms with Gasteiger partial charge in [-0.1, -0.05) is 17.7 Å². The van der Waals surface area contributed by atoms with Gasteiger partial charge in [0, 0.05) is 31.2 Å². The van der Waals surface area contributed by atoms with Crippen LogP contribution < -0.4 is 10.6 Å². The highest BCUT2D eigenvalue weighted by Gasteiger charge is 2.25. The maximum Gasteiger partial charge on any atom is 0.233 e. The van der Waals surface area contributed by atoms with E-state index < -0.39 is 0 Å². The van der Waals surface area contributed by atoms with Crippen LogP contribution in [0.15, 0.2) is 24.3 Å². The molecule has 1 aromatic carbocycles. The molecule has 0 unspecified atom stereocenters. The van der Waals surface area contributed by atoms with E-state index in [0.29, 0.717) is 18.8 Å². The van der Waals surface area contributed by atoms with Crippen LogP contribution in [-0.4, -0.2) is 41.8 Å². The zero-order valence-electron chi connectivity index (χ0n) is 12.9. The van der Waals surface area contributed by atoms with Gasteiger partial charge in [0.15, 0.2) is 0 Å². The van der Waals surface area contributed by atoms with Crippen LogP contribution in [0.3, 0.4) is 0 Å². The minimum absolute atomic E-state index is 0.0637. The zero-order chi connectivity index (χ0) is 16.1. The van der Waals surface area contributed by atoms with E-state index in [1.54, 1.807) is 17.0 Å². The molecule has 22 heavy (non-hydrogen) atoms. The molecule has 2 rings (SSSR count). The van der Waals surface area contributed by atoms with E-state index in [1.807, 2.05) is 26.0 Å². The van der Waals surface area contributed by atoms with E-state index in [2.05, 4.69) is 10.6 Å². The molecule has 1 aromatic rings. The lowest BCUT2D eigenvalue weighted by Gasteiger charge is -2.26. The SMILES string of the molecule is Cc1ccc(NC(=O)CC(=O)N2CCC(=O)NC[C@H]2C)cc1. The second-order valence-electron chi connectivity index (χ2n) is 5.58. The number of aryl methyl sites for hydroxylation is 1. The molecule has 0 radical (unpaired) electrons. The van der Waals surface area contributed by atoms with Crippen molar-refractivity contribution in [3.05, 3.63) is 29.8 Å². The Kier molecular flexibility index (Phi) is 5.14. The van der Waals surface area contributed by atoms with Gasteiger partial charge in [0.25, 0.3) is 0 Å². The Labute approximate surface area is 129 Å². The van der Waals surface area contributed by atoms with Crippen molar-refractivity contribution < 1.29 is 14.4 Å². The summed E-state index contributed by atoms with van der Waals surface area (Å²) in [4.78, 5) is 37.2. The topological polar surface area (TPSA) is 78.5 Å². The molecule has 2 N–H and O–H groups in total. The van der Waals surface area contributed by atoms with Crippen molar-refractivity contribution in [1.29, 1.82) is 0 Å². The summed E-state index contributed by atoms with van der Waals surface area (Å²) in [5.41, 5.74) is 1.77. The van der Waals surface area contributed by atoms with Crippen molar-refractivity contribution in [2.75, 3.05) is 18.4 Å². The van der Waals surface area contributed by atoms with Crippen LogP contribution >= 0.6 is 0 Å². The number of rotatable bonds is 3. The van der Waals surface area contributed by atoms with E-state index in [-0.39, 0.29) is 36.6 Å². The number of nitrogens with one attached hydrogen (secondary N) is 2. The largest absolute Gasteiger partial charge is 0.354 e. The Balaban J connectivity index is 1.91. The van der Waals surface area contributed by atoms with Crippen LogP contribution in [-0.2, 0) is 14.4 Å². The molecule has 6 nitrogen and oxygen atoms in total. The summed E-state index contributed by atoms with van der Waals surface area (Å²) in [7, 11) is 0. The number of benzene rings is 1. The summed E-state index contributed by atoms with van der Waals surface area (Å²) < 4.78 is 0. The number of amides is 3. The molecule has 0 saturated carbocycles. The van der Waals surface area contributed by atoms with E-state index in [1.165, 1.54) is 0 Å². The maximum atomic E-state index is 12.2. The molecule has 1 aliphatic rings. The molecule has 1 atom stereocenters. The smallest absolute Gasteiger partial charge is 0.233 e. The molecular formula is C16H21N3O3. The lowest BCUT2D eigenvalue weighted by Crippen LogP contribution is -2.43. The van der Waals surface area contributed by atoms with E-state index in [4.69, 9.17) is 0 Å². The van der Waals surface area contributed by atoms with Crippen LogP contribution in [0, 0.1) is 6.92 Å². The number of nitrogens with zero attached hydrogens (tertiary/aromatic N) is 1. The van der Waals surface area contributed by atoms with Crippen molar-refractivity contribution in [1.82, 2.24) is 10.2 Å². The first-order valence-corrected chi connectivity index (χ1v) is 7.38. The Morgan fingerprint density at radius 1 is 1.32 bits per heavy atom. The molecule has 1 heterocycles. The predicted molar refractivity (Wildman–Crippen MR) is 83.2 cm³/mol. The van der Waals surface area contributed by atoms with Gasteiger partial charge in [0.1, 0.15) is 6.42 Å². The van der Waals surface area contributed by atoms with Crippen LogP contribution in [0.5, 0.6) is 0 Å². The lowest BCUT2D eigenvalue weighted by atomic mass is 10.2. The van der Waals surface area contributed by atoms with Gasteiger partial charge in [0.05, 0.1) is 0 Å². The van der Waals surface area contributed by atoms with E-state index >= 15 is 0 Å². The Bertz CT molecular complexity index is 569. The second-order valence-corrected chi connectivity index (χ2v) is 5.58. The highest BCUT2D eigenvalue weighted by Crippen LogP contribution is 2.11.